The van der Waals surface area contributed by atoms with Gasteiger partial charge in [0.05, 0.1) is 0 Å². The standard InChI is InChI=1S/C16H14ClN3O3S/c1-10-6-15(20-23-10)22-9-14(21)19-16-18-8-12(24-16)7-11-4-2-3-5-13(11)17/h2-6,8H,7,9H2,1H3,(H,18,19,21). The fourth-order valence-corrected chi connectivity index (χ4v) is 3.04. The van der Waals surface area contributed by atoms with Gasteiger partial charge in [-0.2, -0.15) is 0 Å². The van der Waals surface area contributed by atoms with Gasteiger partial charge in [-0.1, -0.05) is 29.8 Å². The molecule has 1 N–H and O–H groups in total. The van der Waals surface area contributed by atoms with E-state index in [1.807, 2.05) is 24.3 Å². The Morgan fingerprint density at radius 2 is 2.25 bits per heavy atom. The van der Waals surface area contributed by atoms with E-state index in [0.29, 0.717) is 22.3 Å². The number of carbonyl (C=O) groups excluding carboxylic acids is 1. The smallest absolute Gasteiger partial charge is 0.264 e. The van der Waals surface area contributed by atoms with E-state index in [-0.39, 0.29) is 18.4 Å². The molecule has 1 amide bonds. The van der Waals surface area contributed by atoms with Gasteiger partial charge in [0.2, 0.25) is 0 Å². The third-order valence-corrected chi connectivity index (χ3v) is 4.36. The van der Waals surface area contributed by atoms with Gasteiger partial charge in [-0.25, -0.2) is 4.98 Å². The van der Waals surface area contributed by atoms with Crippen LogP contribution in [0.1, 0.15) is 16.2 Å². The number of nitrogens with one attached hydrogen (secondary N) is 1. The summed E-state index contributed by atoms with van der Waals surface area (Å²) in [5.74, 6) is 0.588. The molecule has 0 atom stereocenters. The highest BCUT2D eigenvalue weighted by Gasteiger charge is 2.10. The lowest BCUT2D eigenvalue weighted by Gasteiger charge is -2.02. The van der Waals surface area contributed by atoms with Crippen LogP contribution in [0.3, 0.4) is 0 Å². The SMILES string of the molecule is Cc1cc(OCC(=O)Nc2ncc(Cc3ccccc3Cl)s2)no1. The maximum absolute atomic E-state index is 11.9. The fraction of sp³-hybridized carbons (Fsp3) is 0.188. The molecular formula is C16H14ClN3O3S. The van der Waals surface area contributed by atoms with Gasteiger partial charge in [-0.3, -0.25) is 10.1 Å². The van der Waals surface area contributed by atoms with Crippen LogP contribution in [0.4, 0.5) is 5.13 Å². The normalized spacial score (nSPS) is 10.6. The number of aryl methyl sites for hydroxylation is 1. The molecule has 0 aliphatic heterocycles. The minimum atomic E-state index is -0.311. The Kier molecular flexibility index (Phi) is 5.12. The number of amides is 1. The van der Waals surface area contributed by atoms with E-state index in [4.69, 9.17) is 20.9 Å². The Labute approximate surface area is 147 Å². The first kappa shape index (κ1) is 16.5. The van der Waals surface area contributed by atoms with Crippen molar-refractivity contribution in [1.29, 1.82) is 0 Å². The lowest BCUT2D eigenvalue weighted by Crippen LogP contribution is -2.20. The summed E-state index contributed by atoms with van der Waals surface area (Å²) in [6, 6.07) is 9.25. The molecule has 0 saturated carbocycles. The lowest BCUT2D eigenvalue weighted by molar-refractivity contribution is -0.118. The zero-order valence-electron chi connectivity index (χ0n) is 12.8. The average molecular weight is 364 g/mol. The van der Waals surface area contributed by atoms with Crippen LogP contribution in [0.15, 0.2) is 41.1 Å². The van der Waals surface area contributed by atoms with Crippen LogP contribution in [-0.4, -0.2) is 22.7 Å². The highest BCUT2D eigenvalue weighted by atomic mass is 35.5. The van der Waals surface area contributed by atoms with Crippen molar-refractivity contribution in [3.63, 3.8) is 0 Å². The highest BCUT2D eigenvalue weighted by Crippen LogP contribution is 2.24. The molecule has 124 valence electrons. The van der Waals surface area contributed by atoms with E-state index in [1.165, 1.54) is 11.3 Å². The number of carbonyl (C=O) groups is 1. The number of hydrogen-bond donors (Lipinski definition) is 1. The summed E-state index contributed by atoms with van der Waals surface area (Å²) in [7, 11) is 0. The third kappa shape index (κ3) is 4.33. The number of benzene rings is 1. The molecule has 1 aromatic carbocycles. The van der Waals surface area contributed by atoms with Crippen LogP contribution in [0.5, 0.6) is 5.88 Å². The molecule has 0 spiro atoms. The Morgan fingerprint density at radius 3 is 3.00 bits per heavy atom. The summed E-state index contributed by atoms with van der Waals surface area (Å²) in [6.45, 7) is 1.58. The monoisotopic (exact) mass is 363 g/mol. The zero-order valence-corrected chi connectivity index (χ0v) is 14.4. The average Bonchev–Trinajstić information content (AvgIpc) is 3.17. The second-order valence-corrected chi connectivity index (χ2v) is 6.53. The summed E-state index contributed by atoms with van der Waals surface area (Å²) in [5.41, 5.74) is 1.02. The van der Waals surface area contributed by atoms with Crippen molar-refractivity contribution in [3.8, 4) is 5.88 Å². The second kappa shape index (κ2) is 7.46. The summed E-state index contributed by atoms with van der Waals surface area (Å²) >= 11 is 7.55. The molecule has 6 nitrogen and oxygen atoms in total. The molecular weight excluding hydrogens is 350 g/mol. The van der Waals surface area contributed by atoms with E-state index in [2.05, 4.69) is 15.5 Å². The Morgan fingerprint density at radius 1 is 1.42 bits per heavy atom. The van der Waals surface area contributed by atoms with Gasteiger partial charge in [0, 0.05) is 28.6 Å². The van der Waals surface area contributed by atoms with Crippen molar-refractivity contribution in [1.82, 2.24) is 10.1 Å². The third-order valence-electron chi connectivity index (χ3n) is 3.08. The van der Waals surface area contributed by atoms with Crippen molar-refractivity contribution in [3.05, 3.63) is 57.8 Å². The minimum Gasteiger partial charge on any atom is -0.465 e. The molecule has 0 radical (unpaired) electrons. The van der Waals surface area contributed by atoms with E-state index in [0.717, 1.165) is 10.4 Å². The largest absolute Gasteiger partial charge is 0.465 e. The summed E-state index contributed by atoms with van der Waals surface area (Å²) in [5, 5.41) is 7.57. The molecule has 2 heterocycles. The van der Waals surface area contributed by atoms with Crippen molar-refractivity contribution in [2.24, 2.45) is 0 Å². The summed E-state index contributed by atoms with van der Waals surface area (Å²) in [4.78, 5) is 17.1. The molecule has 0 bridgehead atoms. The van der Waals surface area contributed by atoms with E-state index >= 15 is 0 Å². The Balaban J connectivity index is 1.53. The number of aromatic nitrogens is 2. The molecule has 3 aromatic rings. The van der Waals surface area contributed by atoms with Crippen molar-refractivity contribution in [2.45, 2.75) is 13.3 Å². The molecule has 8 heteroatoms. The highest BCUT2D eigenvalue weighted by molar-refractivity contribution is 7.15. The molecule has 2 aromatic heterocycles. The number of ether oxygens (including phenoxy) is 1. The maximum atomic E-state index is 11.9. The van der Waals surface area contributed by atoms with Crippen molar-refractivity contribution < 1.29 is 14.1 Å². The van der Waals surface area contributed by atoms with E-state index < -0.39 is 0 Å². The van der Waals surface area contributed by atoms with Crippen LogP contribution in [0.2, 0.25) is 5.02 Å². The summed E-state index contributed by atoms with van der Waals surface area (Å²) in [6.07, 6.45) is 2.40. The lowest BCUT2D eigenvalue weighted by atomic mass is 10.1. The molecule has 0 unspecified atom stereocenters. The van der Waals surface area contributed by atoms with Crippen molar-refractivity contribution >= 4 is 34.0 Å². The van der Waals surface area contributed by atoms with Crippen molar-refractivity contribution in [2.75, 3.05) is 11.9 Å². The van der Waals surface area contributed by atoms with Gasteiger partial charge < -0.3 is 9.26 Å². The number of hydrogen-bond acceptors (Lipinski definition) is 6. The number of anilines is 1. The van der Waals surface area contributed by atoms with Crippen LogP contribution in [0.25, 0.3) is 0 Å². The Hall–Kier alpha value is -2.38. The molecule has 0 aliphatic rings. The first-order chi connectivity index (χ1) is 11.6. The van der Waals surface area contributed by atoms with Gasteiger partial charge in [0.1, 0.15) is 5.76 Å². The zero-order chi connectivity index (χ0) is 16.9. The molecule has 3 rings (SSSR count). The number of halogens is 1. The maximum Gasteiger partial charge on any atom is 0.264 e. The van der Waals surface area contributed by atoms with Gasteiger partial charge in [-0.05, 0) is 23.7 Å². The molecule has 0 fully saturated rings. The molecule has 24 heavy (non-hydrogen) atoms. The van der Waals surface area contributed by atoms with E-state index in [1.54, 1.807) is 19.2 Å². The van der Waals surface area contributed by atoms with Gasteiger partial charge in [-0.15, -0.1) is 11.3 Å². The van der Waals surface area contributed by atoms with Gasteiger partial charge >= 0.3 is 0 Å². The van der Waals surface area contributed by atoms with E-state index in [9.17, 15) is 4.79 Å². The number of thiazole rings is 1. The number of nitrogens with zero attached hydrogens (tertiary/aromatic N) is 2. The predicted molar refractivity (Wildman–Crippen MR) is 91.7 cm³/mol. The second-order valence-electron chi connectivity index (χ2n) is 5.01. The van der Waals surface area contributed by atoms with Gasteiger partial charge in [0.15, 0.2) is 11.7 Å². The number of rotatable bonds is 6. The van der Waals surface area contributed by atoms with Crippen LogP contribution < -0.4 is 10.1 Å². The van der Waals surface area contributed by atoms with Crippen LogP contribution in [-0.2, 0) is 11.2 Å². The topological polar surface area (TPSA) is 77.2 Å². The van der Waals surface area contributed by atoms with Crippen LogP contribution >= 0.6 is 22.9 Å². The molecule has 0 aliphatic carbocycles. The predicted octanol–water partition coefficient (Wildman–Crippen LogP) is 3.70. The first-order valence-corrected chi connectivity index (χ1v) is 8.33. The first-order valence-electron chi connectivity index (χ1n) is 7.14. The Bertz CT molecular complexity index is 846. The van der Waals surface area contributed by atoms with Gasteiger partial charge in [0.25, 0.3) is 11.8 Å². The minimum absolute atomic E-state index is 0.161. The summed E-state index contributed by atoms with van der Waals surface area (Å²) < 4.78 is 10.1. The van der Waals surface area contributed by atoms with Crippen LogP contribution in [0, 0.1) is 6.92 Å². The quantitative estimate of drug-likeness (QED) is 0.722. The fourth-order valence-electron chi connectivity index (χ4n) is 1.98. The molecule has 0 saturated heterocycles.